The first kappa shape index (κ1) is 18.5. The quantitative estimate of drug-likeness (QED) is 0.572. The molecule has 0 aliphatic heterocycles. The third-order valence-corrected chi connectivity index (χ3v) is 3.70. The van der Waals surface area contributed by atoms with Gasteiger partial charge in [-0.1, -0.05) is 32.8 Å². The Bertz CT molecular complexity index is 437. The molecule has 0 bridgehead atoms. The topological polar surface area (TPSA) is 49.3 Å². The molecule has 2 N–H and O–H groups in total. The number of rotatable bonds is 8. The molecule has 0 amide bonds. The lowest BCUT2D eigenvalue weighted by Crippen LogP contribution is -2.42. The molecule has 0 aliphatic carbocycles. The van der Waals surface area contributed by atoms with Crippen molar-refractivity contribution in [1.82, 2.24) is 15.6 Å². The van der Waals surface area contributed by atoms with Gasteiger partial charge in [-0.3, -0.25) is 9.98 Å². The largest absolute Gasteiger partial charge is 0.356 e. The SMILES string of the molecule is CN=C(NCCc1ccc(C)nc1)NC(C)CCCC(C)C. The van der Waals surface area contributed by atoms with E-state index < -0.39 is 0 Å². The number of nitrogens with zero attached hydrogens (tertiary/aromatic N) is 2. The van der Waals surface area contributed by atoms with Gasteiger partial charge in [-0.05, 0) is 44.2 Å². The molecule has 1 rings (SSSR count). The minimum absolute atomic E-state index is 0.450. The molecule has 0 aromatic carbocycles. The minimum atomic E-state index is 0.450. The highest BCUT2D eigenvalue weighted by Gasteiger charge is 2.05. The summed E-state index contributed by atoms with van der Waals surface area (Å²) in [7, 11) is 1.82. The van der Waals surface area contributed by atoms with Crippen LogP contribution in [0.3, 0.4) is 0 Å². The summed E-state index contributed by atoms with van der Waals surface area (Å²) in [5.41, 5.74) is 2.31. The number of hydrogen-bond donors (Lipinski definition) is 2. The van der Waals surface area contributed by atoms with Gasteiger partial charge in [0.2, 0.25) is 0 Å². The Morgan fingerprint density at radius 2 is 2.00 bits per heavy atom. The molecule has 22 heavy (non-hydrogen) atoms. The van der Waals surface area contributed by atoms with Crippen molar-refractivity contribution in [2.75, 3.05) is 13.6 Å². The maximum absolute atomic E-state index is 4.32. The highest BCUT2D eigenvalue weighted by Crippen LogP contribution is 2.08. The molecule has 1 aromatic rings. The molecule has 124 valence electrons. The van der Waals surface area contributed by atoms with Crippen LogP contribution in [0.1, 0.15) is 51.3 Å². The molecular formula is C18H32N4. The fraction of sp³-hybridized carbons (Fsp3) is 0.667. The fourth-order valence-corrected chi connectivity index (χ4v) is 2.30. The van der Waals surface area contributed by atoms with Crippen molar-refractivity contribution in [2.24, 2.45) is 10.9 Å². The normalized spacial score (nSPS) is 13.3. The summed E-state index contributed by atoms with van der Waals surface area (Å²) in [6, 6.07) is 4.64. The number of nitrogens with one attached hydrogen (secondary N) is 2. The van der Waals surface area contributed by atoms with Gasteiger partial charge in [0.15, 0.2) is 5.96 Å². The van der Waals surface area contributed by atoms with Crippen LogP contribution >= 0.6 is 0 Å². The molecule has 1 atom stereocenters. The first-order chi connectivity index (χ1) is 10.5. The van der Waals surface area contributed by atoms with Crippen LogP contribution in [0.4, 0.5) is 0 Å². The van der Waals surface area contributed by atoms with E-state index in [4.69, 9.17) is 0 Å². The molecule has 0 radical (unpaired) electrons. The molecule has 0 aliphatic rings. The summed E-state index contributed by atoms with van der Waals surface area (Å²) in [4.78, 5) is 8.61. The predicted octanol–water partition coefficient (Wildman–Crippen LogP) is 3.31. The van der Waals surface area contributed by atoms with Gasteiger partial charge < -0.3 is 10.6 Å². The van der Waals surface area contributed by atoms with E-state index in [-0.39, 0.29) is 0 Å². The second-order valence-electron chi connectivity index (χ2n) is 6.43. The van der Waals surface area contributed by atoms with Gasteiger partial charge in [-0.25, -0.2) is 0 Å². The van der Waals surface area contributed by atoms with Crippen LogP contribution in [0.25, 0.3) is 0 Å². The third kappa shape index (κ3) is 8.01. The lowest BCUT2D eigenvalue weighted by atomic mass is 10.0. The van der Waals surface area contributed by atoms with Crippen molar-refractivity contribution in [1.29, 1.82) is 0 Å². The summed E-state index contributed by atoms with van der Waals surface area (Å²) in [6.45, 7) is 9.64. The average Bonchev–Trinajstić information content (AvgIpc) is 2.47. The molecule has 0 fully saturated rings. The van der Waals surface area contributed by atoms with Gasteiger partial charge >= 0.3 is 0 Å². The summed E-state index contributed by atoms with van der Waals surface area (Å²) >= 11 is 0. The van der Waals surface area contributed by atoms with Gasteiger partial charge in [0, 0.05) is 31.5 Å². The van der Waals surface area contributed by atoms with Crippen LogP contribution in [0.2, 0.25) is 0 Å². The summed E-state index contributed by atoms with van der Waals surface area (Å²) in [5, 5.41) is 6.83. The van der Waals surface area contributed by atoms with Crippen molar-refractivity contribution >= 4 is 5.96 Å². The Hall–Kier alpha value is -1.58. The van der Waals surface area contributed by atoms with Crippen molar-refractivity contribution in [2.45, 2.75) is 59.4 Å². The van der Waals surface area contributed by atoms with Gasteiger partial charge in [0.25, 0.3) is 0 Å². The Labute approximate surface area is 135 Å². The molecule has 1 heterocycles. The van der Waals surface area contributed by atoms with E-state index in [1.165, 1.54) is 24.8 Å². The molecule has 4 nitrogen and oxygen atoms in total. The second kappa shape index (κ2) is 10.2. The minimum Gasteiger partial charge on any atom is -0.356 e. The van der Waals surface area contributed by atoms with Crippen molar-refractivity contribution in [3.63, 3.8) is 0 Å². The van der Waals surface area contributed by atoms with E-state index in [0.717, 1.165) is 30.5 Å². The van der Waals surface area contributed by atoms with Crippen molar-refractivity contribution < 1.29 is 0 Å². The Morgan fingerprint density at radius 1 is 1.23 bits per heavy atom. The predicted molar refractivity (Wildman–Crippen MR) is 95.3 cm³/mol. The van der Waals surface area contributed by atoms with Crippen LogP contribution in [-0.2, 0) is 6.42 Å². The first-order valence-electron chi connectivity index (χ1n) is 8.40. The van der Waals surface area contributed by atoms with Crippen LogP contribution in [-0.4, -0.2) is 30.6 Å². The molecule has 0 saturated heterocycles. The van der Waals surface area contributed by atoms with E-state index in [2.05, 4.69) is 53.5 Å². The zero-order valence-electron chi connectivity index (χ0n) is 14.8. The Balaban J connectivity index is 2.25. The van der Waals surface area contributed by atoms with Gasteiger partial charge in [0.1, 0.15) is 0 Å². The fourth-order valence-electron chi connectivity index (χ4n) is 2.30. The summed E-state index contributed by atoms with van der Waals surface area (Å²) in [5.74, 6) is 1.67. The highest BCUT2D eigenvalue weighted by atomic mass is 15.2. The molecule has 1 aromatic heterocycles. The number of aryl methyl sites for hydroxylation is 1. The molecule has 4 heteroatoms. The second-order valence-corrected chi connectivity index (χ2v) is 6.43. The Kier molecular flexibility index (Phi) is 8.56. The summed E-state index contributed by atoms with van der Waals surface area (Å²) in [6.07, 6.45) is 6.63. The number of aliphatic imine (C=N–C) groups is 1. The van der Waals surface area contributed by atoms with E-state index in [9.17, 15) is 0 Å². The zero-order chi connectivity index (χ0) is 16.4. The first-order valence-corrected chi connectivity index (χ1v) is 8.40. The van der Waals surface area contributed by atoms with Gasteiger partial charge in [-0.2, -0.15) is 0 Å². The van der Waals surface area contributed by atoms with Crippen molar-refractivity contribution in [3.8, 4) is 0 Å². The molecule has 1 unspecified atom stereocenters. The van der Waals surface area contributed by atoms with E-state index in [0.29, 0.717) is 6.04 Å². The Morgan fingerprint density at radius 3 is 2.59 bits per heavy atom. The third-order valence-electron chi connectivity index (χ3n) is 3.70. The molecular weight excluding hydrogens is 272 g/mol. The zero-order valence-corrected chi connectivity index (χ0v) is 14.8. The van der Waals surface area contributed by atoms with Crippen LogP contribution in [0.5, 0.6) is 0 Å². The highest BCUT2D eigenvalue weighted by molar-refractivity contribution is 5.79. The van der Waals surface area contributed by atoms with Crippen LogP contribution in [0, 0.1) is 12.8 Å². The smallest absolute Gasteiger partial charge is 0.191 e. The number of hydrogen-bond acceptors (Lipinski definition) is 2. The molecule has 0 saturated carbocycles. The average molecular weight is 304 g/mol. The molecule has 0 spiro atoms. The van der Waals surface area contributed by atoms with E-state index in [1.807, 2.05) is 20.2 Å². The number of aromatic nitrogens is 1. The maximum atomic E-state index is 4.32. The monoisotopic (exact) mass is 304 g/mol. The van der Waals surface area contributed by atoms with Crippen LogP contribution in [0.15, 0.2) is 23.3 Å². The number of guanidine groups is 1. The lowest BCUT2D eigenvalue weighted by molar-refractivity contribution is 0.491. The van der Waals surface area contributed by atoms with E-state index >= 15 is 0 Å². The number of pyridine rings is 1. The van der Waals surface area contributed by atoms with Gasteiger partial charge in [0.05, 0.1) is 0 Å². The van der Waals surface area contributed by atoms with E-state index in [1.54, 1.807) is 0 Å². The van der Waals surface area contributed by atoms with Crippen LogP contribution < -0.4 is 10.6 Å². The standard InChI is InChI=1S/C18H32N4/c1-14(2)7-6-8-16(4)22-18(19-5)20-12-11-17-10-9-15(3)21-13-17/h9-10,13-14,16H,6-8,11-12H2,1-5H3,(H2,19,20,22). The summed E-state index contributed by atoms with van der Waals surface area (Å²) < 4.78 is 0. The van der Waals surface area contributed by atoms with Crippen molar-refractivity contribution in [3.05, 3.63) is 29.6 Å². The maximum Gasteiger partial charge on any atom is 0.191 e. The van der Waals surface area contributed by atoms with Gasteiger partial charge in [-0.15, -0.1) is 0 Å². The lowest BCUT2D eigenvalue weighted by Gasteiger charge is -2.18.